The molecule has 0 aliphatic carbocycles. The molecule has 3 nitrogen and oxygen atoms in total. The molecule has 96 valence electrons. The lowest BCUT2D eigenvalue weighted by Gasteiger charge is -2.04. The highest BCUT2D eigenvalue weighted by Crippen LogP contribution is 2.17. The number of aromatic carboxylic acids is 1. The lowest BCUT2D eigenvalue weighted by molar-refractivity contribution is 0.0696. The van der Waals surface area contributed by atoms with Crippen molar-refractivity contribution < 1.29 is 19.4 Å². The van der Waals surface area contributed by atoms with E-state index in [9.17, 15) is 14.3 Å². The summed E-state index contributed by atoms with van der Waals surface area (Å²) >= 11 is 0. The van der Waals surface area contributed by atoms with Crippen molar-refractivity contribution in [2.24, 2.45) is 0 Å². The predicted octanol–water partition coefficient (Wildman–Crippen LogP) is 3.26. The molecule has 0 saturated heterocycles. The van der Waals surface area contributed by atoms with Gasteiger partial charge in [0.15, 0.2) is 6.67 Å². The van der Waals surface area contributed by atoms with Crippen molar-refractivity contribution in [2.75, 3.05) is 6.67 Å². The summed E-state index contributed by atoms with van der Waals surface area (Å²) in [5.74, 6) is 3.16. The quantitative estimate of drug-likeness (QED) is 0.625. The molecule has 0 aliphatic rings. The Kier molecular flexibility index (Phi) is 6.91. The minimum atomic E-state index is -1.17. The van der Waals surface area contributed by atoms with Crippen molar-refractivity contribution in [3.05, 3.63) is 41.5 Å². The van der Waals surface area contributed by atoms with Crippen molar-refractivity contribution in [1.29, 1.82) is 0 Å². The van der Waals surface area contributed by atoms with Crippen LogP contribution in [0.5, 0.6) is 0 Å². The Morgan fingerprint density at radius 3 is 2.39 bits per heavy atom. The number of aliphatic hydroxyl groups excluding tert-OH is 1. The topological polar surface area (TPSA) is 57.5 Å². The van der Waals surface area contributed by atoms with E-state index in [1.807, 2.05) is 13.8 Å². The number of carboxylic acid groups (broad SMARTS) is 1. The zero-order chi connectivity index (χ0) is 14.1. The lowest BCUT2D eigenvalue weighted by Crippen LogP contribution is -2.02. The standard InChI is InChI=1S/C12H9FO3.C2H6/c1-8(14)11-7-9(3-2-6-13)4-5-10(11)12(15)16;1-2/h4-5,7,14H,1,6H2,(H,15,16);1-2H3. The van der Waals surface area contributed by atoms with Crippen molar-refractivity contribution in [3.8, 4) is 11.8 Å². The molecule has 0 aromatic heterocycles. The van der Waals surface area contributed by atoms with Crippen LogP contribution < -0.4 is 0 Å². The fraction of sp³-hybridized carbons (Fsp3) is 0.214. The van der Waals surface area contributed by atoms with Crippen molar-refractivity contribution in [2.45, 2.75) is 13.8 Å². The van der Waals surface area contributed by atoms with Crippen LogP contribution in [0.3, 0.4) is 0 Å². The minimum Gasteiger partial charge on any atom is -0.508 e. The monoisotopic (exact) mass is 250 g/mol. The maximum atomic E-state index is 11.8. The van der Waals surface area contributed by atoms with Crippen LogP contribution in [-0.2, 0) is 0 Å². The molecule has 0 atom stereocenters. The molecule has 0 bridgehead atoms. The van der Waals surface area contributed by atoms with Gasteiger partial charge in [-0.15, -0.1) is 0 Å². The minimum absolute atomic E-state index is 0.0710. The van der Waals surface area contributed by atoms with Gasteiger partial charge in [0.05, 0.1) is 5.56 Å². The van der Waals surface area contributed by atoms with Gasteiger partial charge in [-0.25, -0.2) is 9.18 Å². The summed E-state index contributed by atoms with van der Waals surface area (Å²) in [4.78, 5) is 10.8. The first kappa shape index (κ1) is 15.7. The molecule has 2 N–H and O–H groups in total. The molecule has 1 aromatic carbocycles. The van der Waals surface area contributed by atoms with Gasteiger partial charge in [-0.2, -0.15) is 0 Å². The highest BCUT2D eigenvalue weighted by atomic mass is 19.1. The van der Waals surface area contributed by atoms with Gasteiger partial charge >= 0.3 is 5.97 Å². The molecule has 4 heteroatoms. The van der Waals surface area contributed by atoms with Gasteiger partial charge in [0.1, 0.15) is 5.76 Å². The van der Waals surface area contributed by atoms with Gasteiger partial charge in [-0.05, 0) is 18.2 Å². The van der Waals surface area contributed by atoms with Gasteiger partial charge in [0.2, 0.25) is 0 Å². The molecule has 0 amide bonds. The van der Waals surface area contributed by atoms with Crippen LogP contribution in [0.25, 0.3) is 5.76 Å². The highest BCUT2D eigenvalue weighted by molar-refractivity contribution is 5.93. The van der Waals surface area contributed by atoms with Gasteiger partial charge in [0.25, 0.3) is 0 Å². The van der Waals surface area contributed by atoms with E-state index in [0.29, 0.717) is 5.56 Å². The average Bonchev–Trinajstić information content (AvgIpc) is 2.38. The smallest absolute Gasteiger partial charge is 0.336 e. The third-order valence-electron chi connectivity index (χ3n) is 1.86. The fourth-order valence-corrected chi connectivity index (χ4v) is 1.18. The maximum Gasteiger partial charge on any atom is 0.336 e. The van der Waals surface area contributed by atoms with Crippen LogP contribution in [0.1, 0.15) is 35.3 Å². The summed E-state index contributed by atoms with van der Waals surface area (Å²) < 4.78 is 11.8. The van der Waals surface area contributed by atoms with E-state index in [1.54, 1.807) is 0 Å². The van der Waals surface area contributed by atoms with E-state index < -0.39 is 12.6 Å². The van der Waals surface area contributed by atoms with Crippen LogP contribution in [0.2, 0.25) is 0 Å². The van der Waals surface area contributed by atoms with E-state index in [1.165, 1.54) is 18.2 Å². The Balaban J connectivity index is 0.00000137. The molecule has 0 saturated carbocycles. The first-order chi connectivity index (χ1) is 8.56. The van der Waals surface area contributed by atoms with Crippen LogP contribution in [0.4, 0.5) is 4.39 Å². The Hall–Kier alpha value is -2.28. The second-order valence-electron chi connectivity index (χ2n) is 2.95. The van der Waals surface area contributed by atoms with Crippen molar-refractivity contribution in [3.63, 3.8) is 0 Å². The molecule has 0 fully saturated rings. The van der Waals surface area contributed by atoms with Gasteiger partial charge in [-0.1, -0.05) is 32.3 Å². The molecular weight excluding hydrogens is 235 g/mol. The third-order valence-corrected chi connectivity index (χ3v) is 1.86. The highest BCUT2D eigenvalue weighted by Gasteiger charge is 2.12. The molecule has 0 heterocycles. The number of benzene rings is 1. The van der Waals surface area contributed by atoms with Crippen LogP contribution in [0, 0.1) is 11.8 Å². The zero-order valence-corrected chi connectivity index (χ0v) is 10.3. The van der Waals surface area contributed by atoms with E-state index in [2.05, 4.69) is 18.4 Å². The average molecular weight is 250 g/mol. The molecule has 0 radical (unpaired) electrons. The van der Waals surface area contributed by atoms with E-state index in [-0.39, 0.29) is 16.9 Å². The van der Waals surface area contributed by atoms with Gasteiger partial charge < -0.3 is 10.2 Å². The Morgan fingerprint density at radius 2 is 1.94 bits per heavy atom. The molecule has 0 unspecified atom stereocenters. The molecular formula is C14H15FO3. The number of halogens is 1. The van der Waals surface area contributed by atoms with Crippen molar-refractivity contribution in [1.82, 2.24) is 0 Å². The van der Waals surface area contributed by atoms with Gasteiger partial charge in [0, 0.05) is 11.1 Å². The Labute approximate surface area is 106 Å². The second kappa shape index (κ2) is 7.91. The van der Waals surface area contributed by atoms with Crippen molar-refractivity contribution >= 4 is 11.7 Å². The van der Waals surface area contributed by atoms with E-state index in [4.69, 9.17) is 5.11 Å². The molecule has 0 spiro atoms. The summed E-state index contributed by atoms with van der Waals surface area (Å²) in [6, 6.07) is 4.09. The maximum absolute atomic E-state index is 11.8. The Bertz CT molecular complexity index is 495. The Morgan fingerprint density at radius 1 is 1.33 bits per heavy atom. The number of hydrogen-bond donors (Lipinski definition) is 2. The fourth-order valence-electron chi connectivity index (χ4n) is 1.18. The summed E-state index contributed by atoms with van der Waals surface area (Å²) in [5, 5.41) is 18.1. The zero-order valence-electron chi connectivity index (χ0n) is 10.3. The van der Waals surface area contributed by atoms with Crippen LogP contribution >= 0.6 is 0 Å². The first-order valence-electron chi connectivity index (χ1n) is 5.36. The molecule has 18 heavy (non-hydrogen) atoms. The number of alkyl halides is 1. The summed E-state index contributed by atoms with van der Waals surface area (Å²) in [7, 11) is 0. The van der Waals surface area contributed by atoms with E-state index >= 15 is 0 Å². The largest absolute Gasteiger partial charge is 0.508 e. The molecule has 1 rings (SSSR count). The number of carbonyl (C=O) groups is 1. The number of carboxylic acids is 1. The SMILES string of the molecule is C=C(O)c1cc(C#CCF)ccc1C(=O)O.CC. The summed E-state index contributed by atoms with van der Waals surface area (Å²) in [6.07, 6.45) is 0. The molecule has 0 aliphatic heterocycles. The lowest BCUT2D eigenvalue weighted by atomic mass is 10.0. The van der Waals surface area contributed by atoms with Crippen LogP contribution in [-0.4, -0.2) is 22.9 Å². The normalized spacial score (nSPS) is 8.39. The molecule has 1 aromatic rings. The third kappa shape index (κ3) is 4.30. The predicted molar refractivity (Wildman–Crippen MR) is 69.3 cm³/mol. The van der Waals surface area contributed by atoms with Crippen LogP contribution in [0.15, 0.2) is 24.8 Å². The number of aliphatic hydroxyl groups is 1. The van der Waals surface area contributed by atoms with E-state index in [0.717, 1.165) is 0 Å². The number of hydrogen-bond acceptors (Lipinski definition) is 2. The summed E-state index contributed by atoms with van der Waals surface area (Å²) in [6.45, 7) is 6.48. The number of rotatable bonds is 2. The second-order valence-corrected chi connectivity index (χ2v) is 2.95. The summed E-state index contributed by atoms with van der Waals surface area (Å²) in [5.41, 5.74) is 0.435. The van der Waals surface area contributed by atoms with Gasteiger partial charge in [-0.3, -0.25) is 0 Å². The first-order valence-corrected chi connectivity index (χ1v) is 5.36.